The van der Waals surface area contributed by atoms with Gasteiger partial charge in [0.05, 0.1) is 16.8 Å². The summed E-state index contributed by atoms with van der Waals surface area (Å²) < 4.78 is 6.17. The van der Waals surface area contributed by atoms with Crippen molar-refractivity contribution in [2.75, 3.05) is 38.7 Å². The SMILES string of the molecule is COCCNCCC(=O)Nc1sc2c(c1-c1nc3ccc(-c4ccc(C)nc4)cc3s1)CCNC2. The number of thiazole rings is 1. The molecule has 1 aliphatic rings. The number of hydrogen-bond donors (Lipinski definition) is 3. The standard InChI is InChI=1S/C26H29N5O2S2/c1-16-3-4-18(14-29-16)17-5-6-20-21(13-17)34-25(30-20)24-19-7-9-28-15-22(19)35-26(24)31-23(32)8-10-27-11-12-33-2/h3-6,13-14,27-28H,7-12,15H2,1-2H3,(H,31,32). The van der Waals surface area contributed by atoms with E-state index in [0.717, 1.165) is 68.7 Å². The Kier molecular flexibility index (Phi) is 7.50. The van der Waals surface area contributed by atoms with Crippen molar-refractivity contribution in [3.05, 3.63) is 52.7 Å². The summed E-state index contributed by atoms with van der Waals surface area (Å²) >= 11 is 3.35. The average Bonchev–Trinajstić information content (AvgIpc) is 3.44. The fourth-order valence-corrected chi connectivity index (χ4v) is 6.57. The number of amides is 1. The number of aromatic nitrogens is 2. The summed E-state index contributed by atoms with van der Waals surface area (Å²) in [6.45, 7) is 5.75. The van der Waals surface area contributed by atoms with Crippen LogP contribution in [0.15, 0.2) is 36.5 Å². The summed E-state index contributed by atoms with van der Waals surface area (Å²) in [5.41, 5.74) is 6.61. The highest BCUT2D eigenvalue weighted by Gasteiger charge is 2.25. The first kappa shape index (κ1) is 24.0. The highest BCUT2D eigenvalue weighted by atomic mass is 32.1. The zero-order valence-corrected chi connectivity index (χ0v) is 21.6. The molecule has 0 spiro atoms. The molecule has 1 aliphatic heterocycles. The van der Waals surface area contributed by atoms with Crippen molar-refractivity contribution < 1.29 is 9.53 Å². The lowest BCUT2D eigenvalue weighted by Crippen LogP contribution is -2.24. The second kappa shape index (κ2) is 10.9. The Hall–Kier alpha value is -2.69. The molecular weight excluding hydrogens is 478 g/mol. The fourth-order valence-electron chi connectivity index (χ4n) is 4.19. The van der Waals surface area contributed by atoms with Crippen LogP contribution >= 0.6 is 22.7 Å². The first-order valence-electron chi connectivity index (χ1n) is 11.8. The Bertz CT molecular complexity index is 1330. The van der Waals surface area contributed by atoms with Gasteiger partial charge in [0, 0.05) is 61.1 Å². The third-order valence-electron chi connectivity index (χ3n) is 6.04. The van der Waals surface area contributed by atoms with E-state index in [1.165, 1.54) is 10.4 Å². The van der Waals surface area contributed by atoms with E-state index in [2.05, 4.69) is 45.2 Å². The Morgan fingerprint density at radius 1 is 1.17 bits per heavy atom. The summed E-state index contributed by atoms with van der Waals surface area (Å²) in [5, 5.41) is 11.7. The molecule has 9 heteroatoms. The molecule has 3 N–H and O–H groups in total. The van der Waals surface area contributed by atoms with E-state index in [9.17, 15) is 4.79 Å². The molecule has 4 heterocycles. The average molecular weight is 508 g/mol. The molecule has 182 valence electrons. The van der Waals surface area contributed by atoms with Gasteiger partial charge in [-0.2, -0.15) is 0 Å². The molecule has 5 rings (SSSR count). The number of thiophene rings is 1. The third-order valence-corrected chi connectivity index (χ3v) is 8.22. The van der Waals surface area contributed by atoms with Crippen LogP contribution in [0.5, 0.6) is 0 Å². The van der Waals surface area contributed by atoms with Gasteiger partial charge >= 0.3 is 0 Å². The van der Waals surface area contributed by atoms with Gasteiger partial charge < -0.3 is 20.7 Å². The number of aryl methyl sites for hydroxylation is 1. The second-order valence-corrected chi connectivity index (χ2v) is 10.7. The topological polar surface area (TPSA) is 88.2 Å². The normalized spacial score (nSPS) is 13.2. The van der Waals surface area contributed by atoms with Gasteiger partial charge in [-0.25, -0.2) is 4.98 Å². The quantitative estimate of drug-likeness (QED) is 0.287. The van der Waals surface area contributed by atoms with Gasteiger partial charge in [-0.05, 0) is 49.2 Å². The summed E-state index contributed by atoms with van der Waals surface area (Å²) in [4.78, 5) is 23.4. The number of carbonyl (C=O) groups excluding carboxylic acids is 1. The van der Waals surface area contributed by atoms with Crippen molar-refractivity contribution in [1.82, 2.24) is 20.6 Å². The molecule has 4 aromatic rings. The van der Waals surface area contributed by atoms with Gasteiger partial charge in [-0.15, -0.1) is 22.7 Å². The molecule has 0 saturated heterocycles. The highest BCUT2D eigenvalue weighted by Crippen LogP contribution is 2.45. The summed E-state index contributed by atoms with van der Waals surface area (Å²) in [6, 6.07) is 10.5. The molecule has 1 amide bonds. The number of anilines is 1. The van der Waals surface area contributed by atoms with Crippen LogP contribution in [0, 0.1) is 6.92 Å². The molecule has 7 nitrogen and oxygen atoms in total. The Balaban J connectivity index is 1.43. The highest BCUT2D eigenvalue weighted by molar-refractivity contribution is 7.23. The third kappa shape index (κ3) is 5.44. The maximum Gasteiger partial charge on any atom is 0.226 e. The Morgan fingerprint density at radius 3 is 2.89 bits per heavy atom. The van der Waals surface area contributed by atoms with Gasteiger partial charge in [-0.1, -0.05) is 12.1 Å². The first-order chi connectivity index (χ1) is 17.1. The maximum atomic E-state index is 12.7. The predicted octanol–water partition coefficient (Wildman–Crippen LogP) is 4.61. The minimum Gasteiger partial charge on any atom is -0.383 e. The number of methoxy groups -OCH3 is 1. The van der Waals surface area contributed by atoms with E-state index < -0.39 is 0 Å². The van der Waals surface area contributed by atoms with E-state index in [0.29, 0.717) is 19.6 Å². The number of nitrogens with zero attached hydrogens (tertiary/aromatic N) is 2. The van der Waals surface area contributed by atoms with Crippen molar-refractivity contribution >= 4 is 43.8 Å². The van der Waals surface area contributed by atoms with Crippen molar-refractivity contribution in [2.45, 2.75) is 26.3 Å². The zero-order chi connectivity index (χ0) is 24.2. The smallest absolute Gasteiger partial charge is 0.226 e. The lowest BCUT2D eigenvalue weighted by atomic mass is 10.0. The number of fused-ring (bicyclic) bond motifs is 2. The lowest BCUT2D eigenvalue weighted by molar-refractivity contribution is -0.116. The van der Waals surface area contributed by atoms with Crippen molar-refractivity contribution in [1.29, 1.82) is 0 Å². The maximum absolute atomic E-state index is 12.7. The molecule has 0 unspecified atom stereocenters. The fraction of sp³-hybridized carbons (Fsp3) is 0.346. The number of ether oxygens (including phenoxy) is 1. The van der Waals surface area contributed by atoms with Gasteiger partial charge in [0.25, 0.3) is 0 Å². The Morgan fingerprint density at radius 2 is 2.06 bits per heavy atom. The summed E-state index contributed by atoms with van der Waals surface area (Å²) in [7, 11) is 1.67. The van der Waals surface area contributed by atoms with Crippen LogP contribution < -0.4 is 16.0 Å². The minimum atomic E-state index is 0.0120. The monoisotopic (exact) mass is 507 g/mol. The number of pyridine rings is 1. The van der Waals surface area contributed by atoms with E-state index in [1.54, 1.807) is 29.8 Å². The molecule has 0 aliphatic carbocycles. The largest absolute Gasteiger partial charge is 0.383 e. The number of rotatable bonds is 9. The minimum absolute atomic E-state index is 0.0120. The van der Waals surface area contributed by atoms with E-state index in [-0.39, 0.29) is 5.91 Å². The second-order valence-electron chi connectivity index (χ2n) is 8.57. The molecule has 0 fully saturated rings. The molecule has 35 heavy (non-hydrogen) atoms. The molecule has 0 bridgehead atoms. The molecule has 0 saturated carbocycles. The van der Waals surface area contributed by atoms with Crippen LogP contribution in [0.25, 0.3) is 31.9 Å². The van der Waals surface area contributed by atoms with E-state index in [4.69, 9.17) is 9.72 Å². The van der Waals surface area contributed by atoms with Crippen LogP contribution in [0.3, 0.4) is 0 Å². The number of nitrogens with one attached hydrogen (secondary N) is 3. The zero-order valence-electron chi connectivity index (χ0n) is 19.9. The lowest BCUT2D eigenvalue weighted by Gasteiger charge is -2.13. The van der Waals surface area contributed by atoms with Crippen molar-refractivity contribution in [3.8, 4) is 21.7 Å². The Labute approximate surface area is 213 Å². The molecule has 3 aromatic heterocycles. The first-order valence-corrected chi connectivity index (χ1v) is 13.4. The van der Waals surface area contributed by atoms with E-state index >= 15 is 0 Å². The molecule has 0 atom stereocenters. The van der Waals surface area contributed by atoms with Crippen molar-refractivity contribution in [2.24, 2.45) is 0 Å². The van der Waals surface area contributed by atoms with Gasteiger partial charge in [-0.3, -0.25) is 9.78 Å². The summed E-state index contributed by atoms with van der Waals surface area (Å²) in [5.74, 6) is 0.0120. The van der Waals surface area contributed by atoms with Gasteiger partial charge in [0.2, 0.25) is 5.91 Å². The van der Waals surface area contributed by atoms with Crippen LogP contribution in [0.1, 0.15) is 22.6 Å². The number of hydrogen-bond acceptors (Lipinski definition) is 8. The van der Waals surface area contributed by atoms with Crippen molar-refractivity contribution in [3.63, 3.8) is 0 Å². The van der Waals surface area contributed by atoms with Crippen LogP contribution in [-0.2, 0) is 22.5 Å². The van der Waals surface area contributed by atoms with Gasteiger partial charge in [0.1, 0.15) is 10.0 Å². The van der Waals surface area contributed by atoms with Crippen LogP contribution in [0.2, 0.25) is 0 Å². The van der Waals surface area contributed by atoms with E-state index in [1.807, 2.05) is 19.2 Å². The number of carbonyl (C=O) groups is 1. The molecule has 0 radical (unpaired) electrons. The summed E-state index contributed by atoms with van der Waals surface area (Å²) in [6.07, 6.45) is 3.27. The number of benzene rings is 1. The van der Waals surface area contributed by atoms with Crippen LogP contribution in [-0.4, -0.2) is 49.2 Å². The molecule has 1 aromatic carbocycles. The predicted molar refractivity (Wildman–Crippen MR) is 144 cm³/mol. The van der Waals surface area contributed by atoms with Gasteiger partial charge in [0.15, 0.2) is 0 Å². The van der Waals surface area contributed by atoms with Crippen LogP contribution in [0.4, 0.5) is 5.00 Å². The molecular formula is C26H29N5O2S2.